The minimum atomic E-state index is -0.745. The Morgan fingerprint density at radius 3 is 2.08 bits per heavy atom. The van der Waals surface area contributed by atoms with Gasteiger partial charge in [-0.15, -0.1) is 0 Å². The fourth-order valence-corrected chi connectivity index (χ4v) is 3.53. The van der Waals surface area contributed by atoms with Gasteiger partial charge in [-0.2, -0.15) is 0 Å². The molecule has 0 aromatic heterocycles. The molecule has 1 aromatic rings. The van der Waals surface area contributed by atoms with Crippen LogP contribution in [0.4, 0.5) is 4.79 Å². The Morgan fingerprint density at radius 1 is 1.00 bits per heavy atom. The Bertz CT molecular complexity index is 749. The van der Waals surface area contributed by atoms with Crippen LogP contribution in [0, 0.1) is 0 Å². The number of hydrogen-bond donors (Lipinski definition) is 2. The normalized spacial score (nSPS) is 17.2. The highest BCUT2D eigenvalue weighted by Crippen LogP contribution is 2.31. The zero-order chi connectivity index (χ0) is 18.8. The van der Waals surface area contributed by atoms with Crippen molar-refractivity contribution < 1.29 is 19.2 Å². The lowest BCUT2D eigenvalue weighted by Gasteiger charge is -2.22. The van der Waals surface area contributed by atoms with E-state index in [0.717, 1.165) is 37.0 Å². The summed E-state index contributed by atoms with van der Waals surface area (Å²) < 4.78 is 0. The van der Waals surface area contributed by atoms with E-state index in [-0.39, 0.29) is 27.2 Å². The number of halogens is 2. The van der Waals surface area contributed by atoms with E-state index in [4.69, 9.17) is 23.2 Å². The van der Waals surface area contributed by atoms with Crippen LogP contribution in [0.15, 0.2) is 12.1 Å². The minimum absolute atomic E-state index is 0.0418. The van der Waals surface area contributed by atoms with Gasteiger partial charge < -0.3 is 5.32 Å². The van der Waals surface area contributed by atoms with E-state index in [1.807, 2.05) is 0 Å². The third-order valence-electron chi connectivity index (χ3n) is 4.51. The standard InChI is InChI=1S/C17H17Cl2N3O4/c18-12-6-10-11(7-13(12)19)16(25)22(15(10)24)8-14(23)21-17(26)20-9-4-2-1-3-5-9/h6-7,9H,1-5,8H2,(H2,20,21,23,26). The van der Waals surface area contributed by atoms with Crippen LogP contribution in [0.3, 0.4) is 0 Å². The van der Waals surface area contributed by atoms with Crippen LogP contribution in [0.25, 0.3) is 0 Å². The van der Waals surface area contributed by atoms with Crippen LogP contribution in [0.2, 0.25) is 10.0 Å². The molecule has 1 aromatic carbocycles. The van der Waals surface area contributed by atoms with Gasteiger partial charge in [-0.05, 0) is 25.0 Å². The highest BCUT2D eigenvalue weighted by atomic mass is 35.5. The van der Waals surface area contributed by atoms with E-state index < -0.39 is 30.3 Å². The number of rotatable bonds is 3. The minimum Gasteiger partial charge on any atom is -0.335 e. The van der Waals surface area contributed by atoms with Gasteiger partial charge in [0, 0.05) is 6.04 Å². The topological polar surface area (TPSA) is 95.6 Å². The van der Waals surface area contributed by atoms with Gasteiger partial charge in [0.1, 0.15) is 6.54 Å². The molecule has 5 amide bonds. The maximum absolute atomic E-state index is 12.3. The SMILES string of the molecule is O=C(CN1C(=O)c2cc(Cl)c(Cl)cc2C1=O)NC(=O)NC1CCCCC1. The van der Waals surface area contributed by atoms with Crippen LogP contribution in [-0.4, -0.2) is 41.2 Å². The van der Waals surface area contributed by atoms with Crippen molar-refractivity contribution in [3.05, 3.63) is 33.3 Å². The summed E-state index contributed by atoms with van der Waals surface area (Å²) in [6.07, 6.45) is 4.98. The van der Waals surface area contributed by atoms with Crippen molar-refractivity contribution in [3.8, 4) is 0 Å². The smallest absolute Gasteiger partial charge is 0.321 e. The van der Waals surface area contributed by atoms with Crippen molar-refractivity contribution in [3.63, 3.8) is 0 Å². The second-order valence-corrected chi connectivity index (χ2v) is 7.18. The molecule has 1 heterocycles. The number of carbonyl (C=O) groups excluding carboxylic acids is 4. The zero-order valence-electron chi connectivity index (χ0n) is 13.8. The fraction of sp³-hybridized carbons (Fsp3) is 0.412. The van der Waals surface area contributed by atoms with E-state index in [0.29, 0.717) is 0 Å². The largest absolute Gasteiger partial charge is 0.335 e. The van der Waals surface area contributed by atoms with Crippen LogP contribution >= 0.6 is 23.2 Å². The van der Waals surface area contributed by atoms with E-state index in [9.17, 15) is 19.2 Å². The van der Waals surface area contributed by atoms with E-state index >= 15 is 0 Å². The molecule has 0 spiro atoms. The second-order valence-electron chi connectivity index (χ2n) is 6.36. The highest BCUT2D eigenvalue weighted by molar-refractivity contribution is 6.43. The number of nitrogens with zero attached hydrogens (tertiary/aromatic N) is 1. The van der Waals surface area contributed by atoms with Gasteiger partial charge in [0.15, 0.2) is 0 Å². The Kier molecular flexibility index (Phi) is 5.48. The van der Waals surface area contributed by atoms with E-state index in [1.54, 1.807) is 0 Å². The Balaban J connectivity index is 1.60. The summed E-state index contributed by atoms with van der Waals surface area (Å²) in [5, 5.41) is 5.18. The molecule has 0 unspecified atom stereocenters. The number of amides is 5. The predicted molar refractivity (Wildman–Crippen MR) is 95.4 cm³/mol. The quantitative estimate of drug-likeness (QED) is 0.766. The van der Waals surface area contributed by atoms with Crippen molar-refractivity contribution >= 4 is 47.0 Å². The van der Waals surface area contributed by atoms with Crippen molar-refractivity contribution in [1.29, 1.82) is 0 Å². The molecule has 1 saturated carbocycles. The maximum Gasteiger partial charge on any atom is 0.321 e. The molecule has 0 saturated heterocycles. The number of fused-ring (bicyclic) bond motifs is 1. The lowest BCUT2D eigenvalue weighted by molar-refractivity contribution is -0.120. The first kappa shape index (κ1) is 18.7. The van der Waals surface area contributed by atoms with Gasteiger partial charge in [0.25, 0.3) is 11.8 Å². The molecular formula is C17H17Cl2N3O4. The molecule has 2 N–H and O–H groups in total. The summed E-state index contributed by atoms with van der Waals surface area (Å²) in [4.78, 5) is 49.4. The first-order valence-corrected chi connectivity index (χ1v) is 9.08. The molecule has 138 valence electrons. The lowest BCUT2D eigenvalue weighted by atomic mass is 9.96. The zero-order valence-corrected chi connectivity index (χ0v) is 15.3. The number of imide groups is 2. The fourth-order valence-electron chi connectivity index (χ4n) is 3.21. The molecule has 1 aliphatic carbocycles. The molecule has 0 radical (unpaired) electrons. The summed E-state index contributed by atoms with van der Waals surface area (Å²) >= 11 is 11.7. The molecule has 0 atom stereocenters. The van der Waals surface area contributed by atoms with Crippen LogP contribution in [0.5, 0.6) is 0 Å². The summed E-state index contributed by atoms with van der Waals surface area (Å²) in [6, 6.07) is 2.02. The molecule has 1 fully saturated rings. The van der Waals surface area contributed by atoms with Crippen molar-refractivity contribution in [1.82, 2.24) is 15.5 Å². The Hall–Kier alpha value is -2.12. The van der Waals surface area contributed by atoms with Gasteiger partial charge in [-0.25, -0.2) is 4.79 Å². The second kappa shape index (κ2) is 7.63. The number of carbonyl (C=O) groups is 4. The van der Waals surface area contributed by atoms with Crippen LogP contribution in [0.1, 0.15) is 52.8 Å². The van der Waals surface area contributed by atoms with E-state index in [1.165, 1.54) is 12.1 Å². The van der Waals surface area contributed by atoms with Crippen molar-refractivity contribution in [2.24, 2.45) is 0 Å². The third kappa shape index (κ3) is 3.83. The van der Waals surface area contributed by atoms with Gasteiger partial charge in [-0.3, -0.25) is 24.6 Å². The summed E-state index contributed by atoms with van der Waals surface area (Å²) in [6.45, 7) is -0.556. The molecule has 0 bridgehead atoms. The predicted octanol–water partition coefficient (Wildman–Crippen LogP) is 2.75. The Labute approximate surface area is 160 Å². The van der Waals surface area contributed by atoms with Gasteiger partial charge in [0.2, 0.25) is 5.91 Å². The highest BCUT2D eigenvalue weighted by Gasteiger charge is 2.37. The summed E-state index contributed by atoms with van der Waals surface area (Å²) in [7, 11) is 0. The molecule has 3 rings (SSSR count). The number of nitrogens with one attached hydrogen (secondary N) is 2. The Morgan fingerprint density at radius 2 is 1.54 bits per heavy atom. The number of benzene rings is 1. The van der Waals surface area contributed by atoms with Crippen molar-refractivity contribution in [2.75, 3.05) is 6.54 Å². The average molecular weight is 398 g/mol. The number of urea groups is 1. The molecule has 1 aliphatic heterocycles. The monoisotopic (exact) mass is 397 g/mol. The summed E-state index contributed by atoms with van der Waals surface area (Å²) in [5.41, 5.74) is 0.174. The van der Waals surface area contributed by atoms with Gasteiger partial charge in [-0.1, -0.05) is 42.5 Å². The van der Waals surface area contributed by atoms with Crippen molar-refractivity contribution in [2.45, 2.75) is 38.1 Å². The molecule has 26 heavy (non-hydrogen) atoms. The van der Waals surface area contributed by atoms with E-state index in [2.05, 4.69) is 10.6 Å². The average Bonchev–Trinajstić information content (AvgIpc) is 2.81. The van der Waals surface area contributed by atoms with Gasteiger partial charge in [0.05, 0.1) is 21.2 Å². The molecule has 2 aliphatic rings. The first-order chi connectivity index (χ1) is 12.4. The third-order valence-corrected chi connectivity index (χ3v) is 5.23. The molecule has 7 nitrogen and oxygen atoms in total. The molecule has 9 heteroatoms. The molecular weight excluding hydrogens is 381 g/mol. The van der Waals surface area contributed by atoms with Gasteiger partial charge >= 0.3 is 6.03 Å². The first-order valence-electron chi connectivity index (χ1n) is 8.32. The lowest BCUT2D eigenvalue weighted by Crippen LogP contribution is -2.48. The van der Waals surface area contributed by atoms with Crippen LogP contribution < -0.4 is 10.6 Å². The maximum atomic E-state index is 12.3. The van der Waals surface area contributed by atoms with Crippen LogP contribution in [-0.2, 0) is 4.79 Å². The summed E-state index contributed by atoms with van der Waals surface area (Å²) in [5.74, 6) is -2.04. The number of hydrogen-bond acceptors (Lipinski definition) is 4.